The number of hydrogen-bond donors (Lipinski definition) is 7. The van der Waals surface area contributed by atoms with Crippen LogP contribution in [0.1, 0.15) is 93.7 Å². The zero-order valence-corrected chi connectivity index (χ0v) is 28.8. The second kappa shape index (κ2) is 19.6. The molecule has 49 heavy (non-hydrogen) atoms. The summed E-state index contributed by atoms with van der Waals surface area (Å²) in [5.74, 6) is -0.790. The van der Waals surface area contributed by atoms with Crippen LogP contribution in [0.15, 0.2) is 59.6 Å². The fraction of sp³-hybridized carbons (Fsp3) is 0.553. The predicted octanol–water partition coefficient (Wildman–Crippen LogP) is 3.67. The third-order valence-electron chi connectivity index (χ3n) is 10.1. The molecule has 0 aromatic heterocycles. The Kier molecular flexibility index (Phi) is 14.9. The number of guanidine groups is 1. The van der Waals surface area contributed by atoms with Gasteiger partial charge in [-0.3, -0.25) is 24.8 Å². The topological polar surface area (TPSA) is 202 Å². The van der Waals surface area contributed by atoms with Gasteiger partial charge >= 0.3 is 0 Å². The molecule has 10 N–H and O–H groups in total. The maximum absolute atomic E-state index is 14.3. The largest absolute Gasteiger partial charge is 0.384 e. The zero-order valence-electron chi connectivity index (χ0n) is 28.8. The van der Waals surface area contributed by atoms with E-state index in [2.05, 4.69) is 20.9 Å². The van der Waals surface area contributed by atoms with Crippen molar-refractivity contribution in [2.24, 2.45) is 39.9 Å². The Balaban J connectivity index is 1.50. The Morgan fingerprint density at radius 3 is 2.00 bits per heavy atom. The molecule has 0 aliphatic heterocycles. The first kappa shape index (κ1) is 37.4. The van der Waals surface area contributed by atoms with Crippen LogP contribution in [-0.2, 0) is 27.2 Å². The van der Waals surface area contributed by atoms with Crippen molar-refractivity contribution in [1.82, 2.24) is 16.0 Å². The standard InChI is InChI=1S/C38H56N8O3/c39-34(40)30-20-18-27(19-21-30)25-31(28-13-6-2-7-14-28)35(47)46-33(29-15-8-3-9-16-29)37(49)45-32(17-10-23-44-38(41)42)36(48)43-24-22-26-11-4-1-5-12-26/h1,4-5,11-12,18-21,28-29,31-33H,2-3,6-10,13-17,22-25H2,(H3,39,40)(H,43,48)(H,45,49)(H,46,47)(H4,41,42,44)/t31?,32-,33-/m0/s1. The molecule has 11 nitrogen and oxygen atoms in total. The van der Waals surface area contributed by atoms with Crippen molar-refractivity contribution in [2.45, 2.75) is 102 Å². The van der Waals surface area contributed by atoms with Gasteiger partial charge in [-0.15, -0.1) is 0 Å². The Bertz CT molecular complexity index is 1380. The molecule has 2 aliphatic rings. The van der Waals surface area contributed by atoms with Gasteiger partial charge < -0.3 is 33.2 Å². The lowest BCUT2D eigenvalue weighted by Gasteiger charge is -2.34. The summed E-state index contributed by atoms with van der Waals surface area (Å²) in [4.78, 5) is 46.0. The van der Waals surface area contributed by atoms with Gasteiger partial charge in [0.25, 0.3) is 0 Å². The lowest BCUT2D eigenvalue weighted by Crippen LogP contribution is -2.57. The smallest absolute Gasteiger partial charge is 0.243 e. The SMILES string of the molecule is N=C(N)c1ccc(CC(C(=O)N[C@H](C(=O)N[C@@H](CCCN=C(N)N)C(=O)NCCc2ccccc2)C2CCCCC2)C2CCCCC2)cc1. The quantitative estimate of drug-likeness (QED) is 0.0759. The highest BCUT2D eigenvalue weighted by Gasteiger charge is 2.37. The molecule has 266 valence electrons. The Morgan fingerprint density at radius 1 is 0.755 bits per heavy atom. The molecule has 2 aromatic carbocycles. The predicted molar refractivity (Wildman–Crippen MR) is 195 cm³/mol. The molecule has 2 fully saturated rings. The van der Waals surface area contributed by atoms with Crippen LogP contribution >= 0.6 is 0 Å². The fourth-order valence-corrected chi connectivity index (χ4v) is 7.34. The average Bonchev–Trinajstić information content (AvgIpc) is 3.11. The summed E-state index contributed by atoms with van der Waals surface area (Å²) in [6.07, 6.45) is 12.2. The highest BCUT2D eigenvalue weighted by molar-refractivity contribution is 5.95. The Morgan fingerprint density at radius 2 is 1.39 bits per heavy atom. The monoisotopic (exact) mass is 672 g/mol. The number of carbonyl (C=O) groups excluding carboxylic acids is 3. The van der Waals surface area contributed by atoms with Crippen LogP contribution in [0.5, 0.6) is 0 Å². The number of amides is 3. The highest BCUT2D eigenvalue weighted by Crippen LogP contribution is 2.33. The molecule has 0 saturated heterocycles. The van der Waals surface area contributed by atoms with Crippen LogP contribution < -0.4 is 33.2 Å². The first-order chi connectivity index (χ1) is 23.7. The number of rotatable bonds is 17. The average molecular weight is 673 g/mol. The van der Waals surface area contributed by atoms with Crippen LogP contribution in [-0.4, -0.2) is 54.7 Å². The van der Waals surface area contributed by atoms with E-state index in [4.69, 9.17) is 22.6 Å². The van der Waals surface area contributed by atoms with E-state index < -0.39 is 12.1 Å². The molecule has 2 saturated carbocycles. The van der Waals surface area contributed by atoms with Gasteiger partial charge in [-0.2, -0.15) is 0 Å². The van der Waals surface area contributed by atoms with Crippen LogP contribution in [0.4, 0.5) is 0 Å². The molecule has 3 atom stereocenters. The van der Waals surface area contributed by atoms with E-state index in [0.29, 0.717) is 44.3 Å². The zero-order chi connectivity index (χ0) is 35.0. The summed E-state index contributed by atoms with van der Waals surface area (Å²) in [7, 11) is 0. The van der Waals surface area contributed by atoms with Gasteiger partial charge in [-0.25, -0.2) is 0 Å². The maximum Gasteiger partial charge on any atom is 0.243 e. The second-order valence-electron chi connectivity index (χ2n) is 13.7. The van der Waals surface area contributed by atoms with Crippen LogP contribution in [0.3, 0.4) is 0 Å². The number of nitrogen functional groups attached to an aromatic ring is 1. The minimum absolute atomic E-state index is 0.00822. The molecule has 0 heterocycles. The van der Waals surface area contributed by atoms with Gasteiger partial charge in [0.15, 0.2) is 5.96 Å². The van der Waals surface area contributed by atoms with E-state index in [1.807, 2.05) is 54.6 Å². The maximum atomic E-state index is 14.3. The van der Waals surface area contributed by atoms with Gasteiger partial charge in [0.1, 0.15) is 17.9 Å². The van der Waals surface area contributed by atoms with Gasteiger partial charge in [0.05, 0.1) is 0 Å². The van der Waals surface area contributed by atoms with Crippen molar-refractivity contribution in [1.29, 1.82) is 5.41 Å². The number of amidine groups is 1. The summed E-state index contributed by atoms with van der Waals surface area (Å²) >= 11 is 0. The summed E-state index contributed by atoms with van der Waals surface area (Å²) in [5, 5.41) is 17.0. The first-order valence-electron chi connectivity index (χ1n) is 18.1. The number of nitrogens with one attached hydrogen (secondary N) is 4. The van der Waals surface area contributed by atoms with Crippen molar-refractivity contribution in [3.63, 3.8) is 0 Å². The van der Waals surface area contributed by atoms with Gasteiger partial charge in [0.2, 0.25) is 17.7 Å². The fourth-order valence-electron chi connectivity index (χ4n) is 7.34. The molecular weight excluding hydrogens is 616 g/mol. The highest BCUT2D eigenvalue weighted by atomic mass is 16.2. The number of nitrogens with zero attached hydrogens (tertiary/aromatic N) is 1. The lowest BCUT2D eigenvalue weighted by molar-refractivity contribution is -0.135. The van der Waals surface area contributed by atoms with Crippen LogP contribution in [0.2, 0.25) is 0 Å². The van der Waals surface area contributed by atoms with E-state index in [9.17, 15) is 14.4 Å². The number of nitrogens with two attached hydrogens (primary N) is 3. The summed E-state index contributed by atoms with van der Waals surface area (Å²) in [5.41, 5.74) is 19.4. The van der Waals surface area contributed by atoms with Crippen molar-refractivity contribution in [3.8, 4) is 0 Å². The third-order valence-corrected chi connectivity index (χ3v) is 10.1. The van der Waals surface area contributed by atoms with E-state index in [1.165, 1.54) is 6.42 Å². The second-order valence-corrected chi connectivity index (χ2v) is 13.7. The molecule has 2 aliphatic carbocycles. The van der Waals surface area contributed by atoms with Gasteiger partial charge in [-0.05, 0) is 74.3 Å². The minimum Gasteiger partial charge on any atom is -0.384 e. The van der Waals surface area contributed by atoms with Gasteiger partial charge in [0, 0.05) is 24.6 Å². The van der Waals surface area contributed by atoms with Crippen molar-refractivity contribution in [3.05, 3.63) is 71.3 Å². The van der Waals surface area contributed by atoms with Crippen molar-refractivity contribution in [2.75, 3.05) is 13.1 Å². The van der Waals surface area contributed by atoms with Crippen LogP contribution in [0, 0.1) is 23.2 Å². The minimum atomic E-state index is -0.797. The molecule has 0 radical (unpaired) electrons. The molecule has 0 spiro atoms. The van der Waals surface area contributed by atoms with Gasteiger partial charge in [-0.1, -0.05) is 93.1 Å². The summed E-state index contributed by atoms with van der Waals surface area (Å²) in [6.45, 7) is 0.771. The molecule has 4 rings (SSSR count). The van der Waals surface area contributed by atoms with E-state index in [1.54, 1.807) is 0 Å². The van der Waals surface area contributed by atoms with E-state index in [0.717, 1.165) is 68.9 Å². The first-order valence-corrected chi connectivity index (χ1v) is 18.1. The molecule has 2 aromatic rings. The van der Waals surface area contributed by atoms with Crippen molar-refractivity contribution >= 4 is 29.5 Å². The number of hydrogen-bond acceptors (Lipinski definition) is 5. The van der Waals surface area contributed by atoms with E-state index >= 15 is 0 Å². The lowest BCUT2D eigenvalue weighted by atomic mass is 9.76. The number of carbonyl (C=O) groups is 3. The van der Waals surface area contributed by atoms with Crippen molar-refractivity contribution < 1.29 is 14.4 Å². The summed E-state index contributed by atoms with van der Waals surface area (Å²) < 4.78 is 0. The Labute approximate surface area is 291 Å². The molecule has 11 heteroatoms. The van der Waals surface area contributed by atoms with Crippen LogP contribution in [0.25, 0.3) is 0 Å². The molecule has 0 bridgehead atoms. The number of benzene rings is 2. The van der Waals surface area contributed by atoms with E-state index in [-0.39, 0.29) is 47.3 Å². The molecule has 1 unspecified atom stereocenters. The normalized spacial score (nSPS) is 17.2. The Hall–Kier alpha value is -4.41. The molecule has 3 amide bonds. The third kappa shape index (κ3) is 12.2. The molecular formula is C38H56N8O3. The summed E-state index contributed by atoms with van der Waals surface area (Å²) in [6, 6.07) is 15.9. The number of aliphatic imine (C=N–C) groups is 1.